The summed E-state index contributed by atoms with van der Waals surface area (Å²) in [5, 5.41) is 9.04. The van der Waals surface area contributed by atoms with Crippen LogP contribution in [0.2, 0.25) is 5.02 Å². The number of fused-ring (bicyclic) bond motifs is 1. The van der Waals surface area contributed by atoms with Crippen molar-refractivity contribution in [1.82, 2.24) is 24.7 Å². The Morgan fingerprint density at radius 3 is 2.71 bits per heavy atom. The Kier molecular flexibility index (Phi) is 6.47. The van der Waals surface area contributed by atoms with Crippen LogP contribution in [0, 0.1) is 0 Å². The summed E-state index contributed by atoms with van der Waals surface area (Å²) < 4.78 is 1.89. The number of pyridine rings is 1. The van der Waals surface area contributed by atoms with Crippen LogP contribution < -0.4 is 5.32 Å². The maximum Gasteiger partial charge on any atom is 0.156 e. The van der Waals surface area contributed by atoms with Gasteiger partial charge in [-0.3, -0.25) is 9.67 Å². The summed E-state index contributed by atoms with van der Waals surface area (Å²) in [6, 6.07) is 12.0. The number of rotatable bonds is 8. The number of halogens is 1. The molecule has 160 valence electrons. The molecule has 31 heavy (non-hydrogen) atoms. The predicted molar refractivity (Wildman–Crippen MR) is 125 cm³/mol. The molecule has 1 aromatic carbocycles. The van der Waals surface area contributed by atoms with Gasteiger partial charge in [-0.2, -0.15) is 5.10 Å². The minimum absolute atomic E-state index is 0.0347. The molecule has 0 aliphatic rings. The third-order valence-electron chi connectivity index (χ3n) is 5.35. The molecule has 0 radical (unpaired) electrons. The van der Waals surface area contributed by atoms with Gasteiger partial charge in [0.1, 0.15) is 16.9 Å². The van der Waals surface area contributed by atoms with Gasteiger partial charge in [-0.25, -0.2) is 9.97 Å². The highest BCUT2D eigenvalue weighted by molar-refractivity contribution is 6.30. The first-order valence-electron chi connectivity index (χ1n) is 10.7. The average molecular weight is 435 g/mol. The molecule has 1 atom stereocenters. The second-order valence-electron chi connectivity index (χ2n) is 7.79. The molecule has 3 aromatic heterocycles. The second-order valence-corrected chi connectivity index (χ2v) is 8.22. The molecule has 0 aliphatic heterocycles. The van der Waals surface area contributed by atoms with E-state index in [-0.39, 0.29) is 6.04 Å². The fourth-order valence-corrected chi connectivity index (χ4v) is 3.97. The van der Waals surface area contributed by atoms with Gasteiger partial charge in [-0.05, 0) is 49.1 Å². The fourth-order valence-electron chi connectivity index (χ4n) is 3.77. The Hall–Kier alpha value is -2.99. The largest absolute Gasteiger partial charge is 0.362 e. The van der Waals surface area contributed by atoms with E-state index in [2.05, 4.69) is 36.3 Å². The summed E-state index contributed by atoms with van der Waals surface area (Å²) in [5.74, 6) is 1.61. The van der Waals surface area contributed by atoms with Crippen LogP contribution in [0.25, 0.3) is 11.0 Å². The summed E-state index contributed by atoms with van der Waals surface area (Å²) in [6.07, 6.45) is 7.17. The van der Waals surface area contributed by atoms with Crippen molar-refractivity contribution in [1.29, 1.82) is 0 Å². The van der Waals surface area contributed by atoms with Gasteiger partial charge in [0.15, 0.2) is 5.82 Å². The monoisotopic (exact) mass is 434 g/mol. The lowest BCUT2D eigenvalue weighted by Crippen LogP contribution is -2.11. The molecular weight excluding hydrogens is 408 g/mol. The number of aryl methyl sites for hydroxylation is 4. The normalized spacial score (nSPS) is 12.3. The van der Waals surface area contributed by atoms with Crippen molar-refractivity contribution in [2.45, 2.75) is 45.6 Å². The van der Waals surface area contributed by atoms with E-state index in [0.717, 1.165) is 64.6 Å². The van der Waals surface area contributed by atoms with E-state index in [1.165, 1.54) is 5.56 Å². The average Bonchev–Trinajstić information content (AvgIpc) is 3.09. The van der Waals surface area contributed by atoms with Gasteiger partial charge >= 0.3 is 0 Å². The molecule has 4 aromatic rings. The minimum Gasteiger partial charge on any atom is -0.362 e. The van der Waals surface area contributed by atoms with Crippen LogP contribution in [-0.4, -0.2) is 24.7 Å². The molecule has 3 heterocycles. The fraction of sp³-hybridized carbons (Fsp3) is 0.333. The highest BCUT2D eigenvalue weighted by atomic mass is 35.5. The number of anilines is 1. The van der Waals surface area contributed by atoms with Gasteiger partial charge in [-0.1, -0.05) is 43.1 Å². The highest BCUT2D eigenvalue weighted by Crippen LogP contribution is 2.28. The zero-order chi connectivity index (χ0) is 21.8. The number of aromatic nitrogens is 5. The summed E-state index contributed by atoms with van der Waals surface area (Å²) in [4.78, 5) is 14.0. The molecular formula is C24H27ClN6. The van der Waals surface area contributed by atoms with Crippen LogP contribution in [0.4, 0.5) is 5.82 Å². The van der Waals surface area contributed by atoms with Crippen molar-refractivity contribution in [3.8, 4) is 0 Å². The van der Waals surface area contributed by atoms with Crippen LogP contribution in [0.5, 0.6) is 0 Å². The molecule has 1 N–H and O–H groups in total. The Morgan fingerprint density at radius 1 is 1.10 bits per heavy atom. The number of hydrogen-bond acceptors (Lipinski definition) is 5. The molecule has 6 nitrogen and oxygen atoms in total. The van der Waals surface area contributed by atoms with Crippen LogP contribution in [0.15, 0.2) is 48.8 Å². The van der Waals surface area contributed by atoms with Crippen molar-refractivity contribution in [2.24, 2.45) is 7.05 Å². The van der Waals surface area contributed by atoms with Gasteiger partial charge < -0.3 is 5.32 Å². The van der Waals surface area contributed by atoms with Crippen LogP contribution in [-0.2, 0) is 26.3 Å². The van der Waals surface area contributed by atoms with E-state index in [1.54, 1.807) is 6.20 Å². The number of benzene rings is 1. The number of hydrogen-bond donors (Lipinski definition) is 1. The molecule has 1 unspecified atom stereocenters. The van der Waals surface area contributed by atoms with Crippen LogP contribution >= 0.6 is 11.6 Å². The molecule has 0 saturated carbocycles. The van der Waals surface area contributed by atoms with Gasteiger partial charge in [0.2, 0.25) is 0 Å². The van der Waals surface area contributed by atoms with Crippen molar-refractivity contribution < 1.29 is 0 Å². The first kappa shape index (κ1) is 21.2. The summed E-state index contributed by atoms with van der Waals surface area (Å²) in [7, 11) is 1.95. The van der Waals surface area contributed by atoms with Gasteiger partial charge in [0.05, 0.1) is 11.7 Å². The van der Waals surface area contributed by atoms with Crippen molar-refractivity contribution >= 4 is 28.5 Å². The second kappa shape index (κ2) is 9.43. The van der Waals surface area contributed by atoms with E-state index < -0.39 is 0 Å². The van der Waals surface area contributed by atoms with Crippen molar-refractivity contribution in [3.05, 3.63) is 76.5 Å². The van der Waals surface area contributed by atoms with E-state index in [1.807, 2.05) is 42.2 Å². The SMILES string of the molecule is CCCc1nn(C)c2c(NC(C)c3cccc(Cl)c3)nc(CCc3cccnc3)nc12. The molecule has 0 amide bonds. The first-order valence-corrected chi connectivity index (χ1v) is 11.1. The standard InChI is InChI=1S/C24H27ClN6/c1-4-7-20-22-23(31(3)30-20)24(27-16(2)18-9-5-10-19(25)14-18)29-21(28-22)12-11-17-8-6-13-26-15-17/h5-6,8-10,13-16H,4,7,11-12H2,1-3H3,(H,27,28,29). The third kappa shape index (κ3) is 4.85. The van der Waals surface area contributed by atoms with E-state index in [0.29, 0.717) is 0 Å². The highest BCUT2D eigenvalue weighted by Gasteiger charge is 2.18. The zero-order valence-electron chi connectivity index (χ0n) is 18.1. The number of nitrogens with one attached hydrogen (secondary N) is 1. The van der Waals surface area contributed by atoms with Crippen molar-refractivity contribution in [2.75, 3.05) is 5.32 Å². The molecule has 0 fully saturated rings. The summed E-state index contributed by atoms with van der Waals surface area (Å²) in [5.41, 5.74) is 5.16. The third-order valence-corrected chi connectivity index (χ3v) is 5.58. The topological polar surface area (TPSA) is 68.5 Å². The summed E-state index contributed by atoms with van der Waals surface area (Å²) >= 11 is 6.20. The van der Waals surface area contributed by atoms with Crippen LogP contribution in [0.3, 0.4) is 0 Å². The smallest absolute Gasteiger partial charge is 0.156 e. The van der Waals surface area contributed by atoms with Crippen molar-refractivity contribution in [3.63, 3.8) is 0 Å². The summed E-state index contributed by atoms with van der Waals surface area (Å²) in [6.45, 7) is 4.27. The zero-order valence-corrected chi connectivity index (χ0v) is 18.9. The molecule has 0 aliphatic carbocycles. The lowest BCUT2D eigenvalue weighted by molar-refractivity contribution is 0.751. The predicted octanol–water partition coefficient (Wildman–Crippen LogP) is 5.32. The minimum atomic E-state index is 0.0347. The quantitative estimate of drug-likeness (QED) is 0.406. The lowest BCUT2D eigenvalue weighted by atomic mass is 10.1. The van der Waals surface area contributed by atoms with E-state index in [9.17, 15) is 0 Å². The molecule has 4 rings (SSSR count). The van der Waals surface area contributed by atoms with Crippen LogP contribution in [0.1, 0.15) is 49.0 Å². The maximum atomic E-state index is 6.20. The lowest BCUT2D eigenvalue weighted by Gasteiger charge is -2.17. The van der Waals surface area contributed by atoms with Gasteiger partial charge in [-0.15, -0.1) is 0 Å². The molecule has 0 spiro atoms. The van der Waals surface area contributed by atoms with Gasteiger partial charge in [0, 0.05) is 30.9 Å². The first-order chi connectivity index (χ1) is 15.0. The Morgan fingerprint density at radius 2 is 1.97 bits per heavy atom. The Labute approximate surface area is 187 Å². The van der Waals surface area contributed by atoms with E-state index in [4.69, 9.17) is 26.7 Å². The number of nitrogens with zero attached hydrogens (tertiary/aromatic N) is 5. The van der Waals surface area contributed by atoms with Gasteiger partial charge in [0.25, 0.3) is 0 Å². The Bertz CT molecular complexity index is 1170. The van der Waals surface area contributed by atoms with E-state index >= 15 is 0 Å². The Balaban J connectivity index is 1.70. The molecule has 7 heteroatoms. The molecule has 0 bridgehead atoms. The maximum absolute atomic E-state index is 6.20. The molecule has 0 saturated heterocycles.